The van der Waals surface area contributed by atoms with Crippen molar-refractivity contribution < 1.29 is 9.59 Å². The van der Waals surface area contributed by atoms with Gasteiger partial charge in [-0.05, 0) is 25.0 Å². The van der Waals surface area contributed by atoms with E-state index in [1.807, 2.05) is 6.08 Å². The van der Waals surface area contributed by atoms with Crippen LogP contribution in [-0.2, 0) is 9.59 Å². The second-order valence-electron chi connectivity index (χ2n) is 3.53. The van der Waals surface area contributed by atoms with Gasteiger partial charge in [-0.15, -0.1) is 0 Å². The molecule has 0 radical (unpaired) electrons. The van der Waals surface area contributed by atoms with Gasteiger partial charge in [-0.25, -0.2) is 0 Å². The van der Waals surface area contributed by atoms with Crippen LogP contribution < -0.4 is 0 Å². The van der Waals surface area contributed by atoms with E-state index in [0.717, 1.165) is 19.3 Å². The molecule has 0 aliphatic rings. The van der Waals surface area contributed by atoms with Crippen LogP contribution in [0.1, 0.15) is 45.4 Å². The lowest BCUT2D eigenvalue weighted by molar-refractivity contribution is -0.115. The van der Waals surface area contributed by atoms with Crippen LogP contribution in [0, 0.1) is 0 Å². The summed E-state index contributed by atoms with van der Waals surface area (Å²) in [5.74, 6) is 0.126. The maximum absolute atomic E-state index is 11.3. The van der Waals surface area contributed by atoms with Crippen molar-refractivity contribution in [2.24, 2.45) is 0 Å². The number of unbranched alkanes of at least 4 members (excludes halogenated alkanes) is 2. The second-order valence-corrected chi connectivity index (χ2v) is 3.53. The van der Waals surface area contributed by atoms with E-state index in [2.05, 4.69) is 13.5 Å². The first kappa shape index (κ1) is 13.8. The molecule has 84 valence electrons. The second kappa shape index (κ2) is 9.38. The molecule has 0 atom stereocenters. The van der Waals surface area contributed by atoms with Gasteiger partial charge in [0.25, 0.3) is 0 Å². The molecule has 2 heteroatoms. The summed E-state index contributed by atoms with van der Waals surface area (Å²) in [7, 11) is 0. The summed E-state index contributed by atoms with van der Waals surface area (Å²) in [6, 6.07) is 0. The Labute approximate surface area is 92.1 Å². The van der Waals surface area contributed by atoms with Crippen LogP contribution in [0.4, 0.5) is 0 Å². The van der Waals surface area contributed by atoms with Gasteiger partial charge in [0.1, 0.15) is 0 Å². The first-order valence-electron chi connectivity index (χ1n) is 5.55. The van der Waals surface area contributed by atoms with Crippen molar-refractivity contribution in [3.8, 4) is 0 Å². The SMILES string of the molecule is C=CC(=O)CCCC(=O)C=CCCCC. The summed E-state index contributed by atoms with van der Waals surface area (Å²) >= 11 is 0. The Morgan fingerprint density at radius 2 is 1.80 bits per heavy atom. The molecule has 0 rings (SSSR count). The summed E-state index contributed by atoms with van der Waals surface area (Å²) < 4.78 is 0. The highest BCUT2D eigenvalue weighted by atomic mass is 16.1. The summed E-state index contributed by atoms with van der Waals surface area (Å²) in [6.07, 6.45) is 9.61. The van der Waals surface area contributed by atoms with Crippen LogP contribution in [0.25, 0.3) is 0 Å². The van der Waals surface area contributed by atoms with Gasteiger partial charge >= 0.3 is 0 Å². The molecule has 0 N–H and O–H groups in total. The Kier molecular flexibility index (Phi) is 8.64. The average molecular weight is 208 g/mol. The molecule has 0 aromatic carbocycles. The van der Waals surface area contributed by atoms with E-state index in [9.17, 15) is 9.59 Å². The van der Waals surface area contributed by atoms with Gasteiger partial charge < -0.3 is 0 Å². The lowest BCUT2D eigenvalue weighted by atomic mass is 10.1. The van der Waals surface area contributed by atoms with Crippen molar-refractivity contribution in [3.05, 3.63) is 24.8 Å². The molecule has 0 aromatic heterocycles. The van der Waals surface area contributed by atoms with Gasteiger partial charge in [0.2, 0.25) is 0 Å². The molecule has 0 aliphatic heterocycles. The maximum Gasteiger partial charge on any atom is 0.155 e. The van der Waals surface area contributed by atoms with E-state index in [4.69, 9.17) is 0 Å². The van der Waals surface area contributed by atoms with Crippen molar-refractivity contribution in [1.82, 2.24) is 0 Å². The molecular weight excluding hydrogens is 188 g/mol. The van der Waals surface area contributed by atoms with Gasteiger partial charge in [-0.2, -0.15) is 0 Å². The van der Waals surface area contributed by atoms with Crippen molar-refractivity contribution in [1.29, 1.82) is 0 Å². The Hall–Kier alpha value is -1.18. The van der Waals surface area contributed by atoms with E-state index >= 15 is 0 Å². The van der Waals surface area contributed by atoms with Gasteiger partial charge in [0.15, 0.2) is 11.6 Å². The molecular formula is C13H20O2. The number of allylic oxidation sites excluding steroid dienone is 3. The highest BCUT2D eigenvalue weighted by Gasteiger charge is 1.99. The van der Waals surface area contributed by atoms with Crippen LogP contribution in [0.15, 0.2) is 24.8 Å². The molecule has 0 saturated heterocycles. The molecule has 0 bridgehead atoms. The number of rotatable bonds is 9. The monoisotopic (exact) mass is 208 g/mol. The number of hydrogen-bond acceptors (Lipinski definition) is 2. The van der Waals surface area contributed by atoms with Crippen LogP contribution in [-0.4, -0.2) is 11.6 Å². The van der Waals surface area contributed by atoms with Gasteiger partial charge in [0.05, 0.1) is 0 Å². The third-order valence-electron chi connectivity index (χ3n) is 2.10. The molecule has 0 unspecified atom stereocenters. The molecule has 0 saturated carbocycles. The summed E-state index contributed by atoms with van der Waals surface area (Å²) in [5.41, 5.74) is 0. The van der Waals surface area contributed by atoms with Gasteiger partial charge in [0, 0.05) is 12.8 Å². The fraction of sp³-hybridized carbons (Fsp3) is 0.538. The Bertz CT molecular complexity index is 239. The molecule has 0 fully saturated rings. The van der Waals surface area contributed by atoms with Crippen LogP contribution in [0.2, 0.25) is 0 Å². The van der Waals surface area contributed by atoms with E-state index in [1.165, 1.54) is 6.08 Å². The Morgan fingerprint density at radius 1 is 1.13 bits per heavy atom. The van der Waals surface area contributed by atoms with E-state index in [1.54, 1.807) is 6.08 Å². The van der Waals surface area contributed by atoms with Crippen LogP contribution in [0.5, 0.6) is 0 Å². The zero-order valence-electron chi connectivity index (χ0n) is 9.50. The quantitative estimate of drug-likeness (QED) is 0.430. The fourth-order valence-electron chi connectivity index (χ4n) is 1.16. The minimum atomic E-state index is 0.0118. The third-order valence-corrected chi connectivity index (χ3v) is 2.10. The number of ketones is 2. The lowest BCUT2D eigenvalue weighted by Gasteiger charge is -1.94. The summed E-state index contributed by atoms with van der Waals surface area (Å²) in [6.45, 7) is 5.50. The van der Waals surface area contributed by atoms with Crippen molar-refractivity contribution in [3.63, 3.8) is 0 Å². The Morgan fingerprint density at radius 3 is 2.40 bits per heavy atom. The Balaban J connectivity index is 3.52. The lowest BCUT2D eigenvalue weighted by Crippen LogP contribution is -1.96. The highest BCUT2D eigenvalue weighted by molar-refractivity contribution is 5.91. The molecule has 2 nitrogen and oxygen atoms in total. The number of carbonyl (C=O) groups is 2. The number of hydrogen-bond donors (Lipinski definition) is 0. The van der Waals surface area contributed by atoms with Crippen LogP contribution in [0.3, 0.4) is 0 Å². The smallest absolute Gasteiger partial charge is 0.155 e. The van der Waals surface area contributed by atoms with Gasteiger partial charge in [-0.1, -0.05) is 32.4 Å². The topological polar surface area (TPSA) is 34.1 Å². The molecule has 0 spiro atoms. The first-order valence-corrected chi connectivity index (χ1v) is 5.55. The predicted octanol–water partition coefficient (Wildman–Crippen LogP) is 3.23. The van der Waals surface area contributed by atoms with E-state index in [-0.39, 0.29) is 11.6 Å². The van der Waals surface area contributed by atoms with E-state index in [0.29, 0.717) is 19.3 Å². The normalized spacial score (nSPS) is 10.5. The summed E-state index contributed by atoms with van der Waals surface area (Å²) in [4.78, 5) is 22.1. The standard InChI is InChI=1S/C13H20O2/c1-3-5-6-7-9-13(15)11-8-10-12(14)4-2/h4,7,9H,2-3,5-6,8,10-11H2,1H3. The number of carbonyl (C=O) groups excluding carboxylic acids is 2. The fourth-order valence-corrected chi connectivity index (χ4v) is 1.16. The molecule has 0 heterocycles. The third kappa shape index (κ3) is 9.13. The van der Waals surface area contributed by atoms with E-state index < -0.39 is 0 Å². The minimum absolute atomic E-state index is 0.0118. The molecule has 15 heavy (non-hydrogen) atoms. The van der Waals surface area contributed by atoms with Crippen LogP contribution >= 0.6 is 0 Å². The highest BCUT2D eigenvalue weighted by Crippen LogP contribution is 2.01. The van der Waals surface area contributed by atoms with Gasteiger partial charge in [-0.3, -0.25) is 9.59 Å². The summed E-state index contributed by atoms with van der Waals surface area (Å²) in [5, 5.41) is 0. The zero-order valence-corrected chi connectivity index (χ0v) is 9.50. The molecule has 0 amide bonds. The minimum Gasteiger partial charge on any atom is -0.295 e. The first-order chi connectivity index (χ1) is 7.20. The average Bonchev–Trinajstić information content (AvgIpc) is 2.24. The predicted molar refractivity (Wildman–Crippen MR) is 62.7 cm³/mol. The molecule has 0 aliphatic carbocycles. The zero-order chi connectivity index (χ0) is 11.5. The molecule has 0 aromatic rings. The van der Waals surface area contributed by atoms with Crippen molar-refractivity contribution >= 4 is 11.6 Å². The largest absolute Gasteiger partial charge is 0.295 e. The van der Waals surface area contributed by atoms with Crippen molar-refractivity contribution in [2.45, 2.75) is 45.4 Å². The maximum atomic E-state index is 11.3. The van der Waals surface area contributed by atoms with Crippen molar-refractivity contribution in [2.75, 3.05) is 0 Å².